The van der Waals surface area contributed by atoms with E-state index >= 15 is 0 Å². The second-order valence-electron chi connectivity index (χ2n) is 19.6. The third-order valence-corrected chi connectivity index (χ3v) is 15.3. The largest absolute Gasteiger partial charge is 0.363 e. The lowest BCUT2D eigenvalue weighted by Gasteiger charge is -2.48. The molecule has 0 aromatic heterocycles. The van der Waals surface area contributed by atoms with E-state index in [0.717, 1.165) is 86.9 Å². The Hall–Kier alpha value is -7.44. The molecule has 0 aliphatic carbocycles. The second kappa shape index (κ2) is 16.9. The lowest BCUT2D eigenvalue weighted by Crippen LogP contribution is -2.57. The number of hydrogen-bond acceptors (Lipinski definition) is 4. The molecule has 71 heavy (non-hydrogen) atoms. The van der Waals surface area contributed by atoms with Crippen LogP contribution in [0.4, 0.5) is 0 Å². The van der Waals surface area contributed by atoms with Crippen molar-refractivity contribution in [1.29, 1.82) is 0 Å². The van der Waals surface area contributed by atoms with Crippen LogP contribution in [-0.4, -0.2) is 31.2 Å². The molecule has 346 valence electrons. The van der Waals surface area contributed by atoms with Crippen molar-refractivity contribution in [1.82, 2.24) is 0 Å². The van der Waals surface area contributed by atoms with E-state index in [1.54, 1.807) is 0 Å². The Morgan fingerprint density at radius 2 is 0.535 bits per heavy atom. The highest BCUT2D eigenvalue weighted by atomic mass is 16.8. The molecular formula is C67H54O4. The molecule has 0 radical (unpaired) electrons. The fourth-order valence-electron chi connectivity index (χ4n) is 12.6. The number of fused-ring (bicyclic) bond motifs is 12. The maximum atomic E-state index is 7.92. The quantitative estimate of drug-likeness (QED) is 0.128. The van der Waals surface area contributed by atoms with Crippen LogP contribution in [0, 0.1) is 0 Å². The van der Waals surface area contributed by atoms with Gasteiger partial charge in [-0.2, -0.15) is 0 Å². The summed E-state index contributed by atoms with van der Waals surface area (Å²) < 4.78 is 31.6. The van der Waals surface area contributed by atoms with Gasteiger partial charge < -0.3 is 18.9 Å². The van der Waals surface area contributed by atoms with Gasteiger partial charge in [0.2, 0.25) is 0 Å². The predicted molar refractivity (Wildman–Crippen MR) is 294 cm³/mol. The van der Waals surface area contributed by atoms with Crippen LogP contribution in [0.5, 0.6) is 0 Å². The summed E-state index contributed by atoms with van der Waals surface area (Å²) in [7, 11) is 0. The average molecular weight is 923 g/mol. The van der Waals surface area contributed by atoms with E-state index in [4.69, 9.17) is 18.9 Å². The van der Waals surface area contributed by atoms with Crippen molar-refractivity contribution in [2.45, 2.75) is 56.9 Å². The zero-order valence-corrected chi connectivity index (χ0v) is 40.5. The molecule has 13 rings (SSSR count). The van der Waals surface area contributed by atoms with Crippen LogP contribution in [0.3, 0.4) is 0 Å². The lowest BCUT2D eigenvalue weighted by atomic mass is 9.68. The molecule has 1 fully saturated rings. The Morgan fingerprint density at radius 1 is 0.324 bits per heavy atom. The van der Waals surface area contributed by atoms with Gasteiger partial charge in [-0.15, -0.1) is 0 Å². The monoisotopic (exact) mass is 922 g/mol. The summed E-state index contributed by atoms with van der Waals surface area (Å²) in [4.78, 5) is 0. The molecule has 1 heterocycles. The van der Waals surface area contributed by atoms with Gasteiger partial charge in [-0.1, -0.05) is 194 Å². The van der Waals surface area contributed by atoms with E-state index in [-0.39, 0.29) is 0 Å². The van der Waals surface area contributed by atoms with E-state index in [0.29, 0.717) is 13.2 Å². The van der Waals surface area contributed by atoms with Crippen molar-refractivity contribution in [3.05, 3.63) is 241 Å². The van der Waals surface area contributed by atoms with E-state index in [2.05, 4.69) is 246 Å². The van der Waals surface area contributed by atoms with Crippen molar-refractivity contribution in [2.24, 2.45) is 0 Å². The van der Waals surface area contributed by atoms with Crippen LogP contribution in [0.2, 0.25) is 0 Å². The van der Waals surface area contributed by atoms with Gasteiger partial charge >= 0.3 is 0 Å². The molecule has 0 spiro atoms. The van der Waals surface area contributed by atoms with Gasteiger partial charge in [0.25, 0.3) is 0 Å². The van der Waals surface area contributed by atoms with Crippen LogP contribution >= 0.6 is 0 Å². The normalized spacial score (nSPS) is 16.4. The number of hydrogen-bond donors (Lipinski definition) is 0. The standard InChI is InChI=1S/C67H54O4/c1-5-68-66(59-39-43-23-7-11-27-47(43)51-31-15-19-35-55(51)59,60-40-44-24-8-12-28-48(44)52-32-16-20-36-56(52)60)63-64(71-65(3,4)70-63)67(69-6-2,61-41-45-25-9-13-29-49(45)53-33-17-21-37-57(53)61)62-42-46-26-10-14-30-50(46)54-34-18-22-38-58(54)62/h7-42,63-64H,5-6H2,1-4H3. The fourth-order valence-corrected chi connectivity index (χ4v) is 12.6. The van der Waals surface area contributed by atoms with Crippen molar-refractivity contribution in [3.63, 3.8) is 0 Å². The zero-order chi connectivity index (χ0) is 47.9. The smallest absolute Gasteiger partial charge is 0.164 e. The molecule has 12 aromatic carbocycles. The second-order valence-corrected chi connectivity index (χ2v) is 19.6. The molecule has 4 nitrogen and oxygen atoms in total. The van der Waals surface area contributed by atoms with Crippen LogP contribution < -0.4 is 0 Å². The van der Waals surface area contributed by atoms with Gasteiger partial charge in [-0.25, -0.2) is 0 Å². The molecule has 0 bridgehead atoms. The first kappa shape index (κ1) is 43.6. The van der Waals surface area contributed by atoms with Gasteiger partial charge in [0, 0.05) is 13.2 Å². The summed E-state index contributed by atoms with van der Waals surface area (Å²) in [6.45, 7) is 9.08. The van der Waals surface area contributed by atoms with Crippen LogP contribution in [0.25, 0.3) is 86.2 Å². The lowest BCUT2D eigenvalue weighted by molar-refractivity contribution is -0.179. The highest BCUT2D eigenvalue weighted by Gasteiger charge is 2.64. The first-order chi connectivity index (χ1) is 34.8. The predicted octanol–water partition coefficient (Wildman–Crippen LogP) is 16.7. The Kier molecular flexibility index (Phi) is 10.4. The molecule has 1 saturated heterocycles. The zero-order valence-electron chi connectivity index (χ0n) is 40.5. The highest BCUT2D eigenvalue weighted by Crippen LogP contribution is 2.58. The Morgan fingerprint density at radius 3 is 0.775 bits per heavy atom. The molecular weight excluding hydrogens is 869 g/mol. The summed E-state index contributed by atoms with van der Waals surface area (Å²) in [5, 5.41) is 18.0. The average Bonchev–Trinajstić information content (AvgIpc) is 3.76. The summed E-state index contributed by atoms with van der Waals surface area (Å²) in [6.07, 6.45) is -1.68. The summed E-state index contributed by atoms with van der Waals surface area (Å²) >= 11 is 0. The topological polar surface area (TPSA) is 36.9 Å². The van der Waals surface area contributed by atoms with E-state index < -0.39 is 29.2 Å². The summed E-state index contributed by atoms with van der Waals surface area (Å²) in [5.41, 5.74) is 1.35. The molecule has 12 aromatic rings. The number of benzene rings is 12. The third kappa shape index (κ3) is 6.59. The molecule has 1 aliphatic heterocycles. The molecule has 1 aliphatic rings. The van der Waals surface area contributed by atoms with Gasteiger partial charge in [-0.3, -0.25) is 0 Å². The maximum Gasteiger partial charge on any atom is 0.164 e. The van der Waals surface area contributed by atoms with Crippen molar-refractivity contribution in [3.8, 4) is 0 Å². The molecule has 4 heteroatoms. The Bertz CT molecular complexity index is 3560. The van der Waals surface area contributed by atoms with E-state index in [1.807, 2.05) is 0 Å². The van der Waals surface area contributed by atoms with Gasteiger partial charge in [-0.05, 0) is 160 Å². The van der Waals surface area contributed by atoms with E-state index in [1.165, 1.54) is 21.5 Å². The van der Waals surface area contributed by atoms with Crippen molar-refractivity contribution >= 4 is 86.2 Å². The Balaban J connectivity index is 1.25. The first-order valence-corrected chi connectivity index (χ1v) is 25.1. The van der Waals surface area contributed by atoms with Crippen LogP contribution in [-0.2, 0) is 30.1 Å². The summed E-state index contributed by atoms with van der Waals surface area (Å²) in [5.74, 6) is -1.13. The molecule has 0 saturated carbocycles. The van der Waals surface area contributed by atoms with Crippen LogP contribution in [0.15, 0.2) is 218 Å². The van der Waals surface area contributed by atoms with Gasteiger partial charge in [0.1, 0.15) is 23.4 Å². The number of ether oxygens (including phenoxy) is 4. The molecule has 2 unspecified atom stereocenters. The fraction of sp³-hybridized carbons (Fsp3) is 0.164. The summed E-state index contributed by atoms with van der Waals surface area (Å²) in [6, 6.07) is 79.5. The maximum absolute atomic E-state index is 7.92. The minimum Gasteiger partial charge on any atom is -0.363 e. The molecule has 0 amide bonds. The third-order valence-electron chi connectivity index (χ3n) is 15.3. The van der Waals surface area contributed by atoms with Crippen molar-refractivity contribution in [2.75, 3.05) is 13.2 Å². The van der Waals surface area contributed by atoms with Gasteiger partial charge in [0.15, 0.2) is 5.79 Å². The van der Waals surface area contributed by atoms with Gasteiger partial charge in [0.05, 0.1) is 0 Å². The van der Waals surface area contributed by atoms with E-state index in [9.17, 15) is 0 Å². The molecule has 0 N–H and O–H groups in total. The number of rotatable bonds is 10. The highest BCUT2D eigenvalue weighted by molar-refractivity contribution is 6.14. The van der Waals surface area contributed by atoms with Crippen LogP contribution in [0.1, 0.15) is 49.9 Å². The van der Waals surface area contributed by atoms with Crippen molar-refractivity contribution < 1.29 is 18.9 Å². The Labute approximate surface area is 414 Å². The molecule has 2 atom stereocenters. The minimum absolute atomic E-state index is 0.370. The first-order valence-electron chi connectivity index (χ1n) is 25.1. The minimum atomic E-state index is -1.33. The SMILES string of the molecule is CCOC(c1cc2ccccc2c2ccccc12)(c1cc2ccccc2c2ccccc12)C1OC(C)(C)OC1C(OCC)(c1cc2ccccc2c2ccccc12)c1cc2ccccc2c2ccccc12.